The molecule has 0 atom stereocenters. The van der Waals surface area contributed by atoms with E-state index in [-0.39, 0.29) is 29.2 Å². The van der Waals surface area contributed by atoms with Gasteiger partial charge in [0.05, 0.1) is 32.1 Å². The molecular weight excluding hydrogens is 370 g/mol. The second-order valence-electron chi connectivity index (χ2n) is 5.77. The minimum Gasteiger partial charge on any atom is -0.493 e. The van der Waals surface area contributed by atoms with E-state index in [0.29, 0.717) is 11.4 Å². The molecule has 0 amide bonds. The number of rotatable bonds is 8. The highest BCUT2D eigenvalue weighted by molar-refractivity contribution is 7.92. The van der Waals surface area contributed by atoms with Crippen molar-refractivity contribution in [3.05, 3.63) is 47.5 Å². The summed E-state index contributed by atoms with van der Waals surface area (Å²) in [6.45, 7) is 3.79. The molecular formula is C19H23NO6S. The van der Waals surface area contributed by atoms with Crippen LogP contribution in [0.1, 0.15) is 18.1 Å². The highest BCUT2D eigenvalue weighted by Crippen LogP contribution is 2.34. The second kappa shape index (κ2) is 8.77. The van der Waals surface area contributed by atoms with Gasteiger partial charge in [-0.25, -0.2) is 8.42 Å². The Hall–Kier alpha value is -2.74. The topological polar surface area (TPSA) is 90.9 Å². The van der Waals surface area contributed by atoms with Gasteiger partial charge in [-0.15, -0.1) is 0 Å². The van der Waals surface area contributed by atoms with Gasteiger partial charge in [-0.1, -0.05) is 17.7 Å². The molecule has 2 aromatic carbocycles. The molecule has 2 aromatic rings. The van der Waals surface area contributed by atoms with E-state index in [2.05, 4.69) is 4.72 Å². The van der Waals surface area contributed by atoms with E-state index >= 15 is 0 Å². The number of ether oxygens (including phenoxy) is 3. The molecule has 0 bridgehead atoms. The summed E-state index contributed by atoms with van der Waals surface area (Å²) in [5, 5.41) is 0. The average Bonchev–Trinajstić information content (AvgIpc) is 2.63. The lowest BCUT2D eigenvalue weighted by Gasteiger charge is -2.16. The summed E-state index contributed by atoms with van der Waals surface area (Å²) in [7, 11) is -1.12. The molecule has 0 aliphatic rings. The van der Waals surface area contributed by atoms with Crippen LogP contribution in [0.15, 0.2) is 41.3 Å². The molecule has 1 N–H and O–H groups in total. The molecule has 8 heteroatoms. The van der Waals surface area contributed by atoms with Crippen LogP contribution in [0.3, 0.4) is 0 Å². The first-order valence-electron chi connectivity index (χ1n) is 8.30. The van der Waals surface area contributed by atoms with Gasteiger partial charge in [-0.2, -0.15) is 0 Å². The van der Waals surface area contributed by atoms with Crippen molar-refractivity contribution in [3.63, 3.8) is 0 Å². The molecule has 0 aliphatic heterocycles. The van der Waals surface area contributed by atoms with E-state index in [1.807, 2.05) is 6.92 Å². The summed E-state index contributed by atoms with van der Waals surface area (Å²) < 4.78 is 43.8. The van der Waals surface area contributed by atoms with Gasteiger partial charge in [-0.05, 0) is 37.6 Å². The number of carbonyl (C=O) groups excluding carboxylic acids is 1. The summed E-state index contributed by atoms with van der Waals surface area (Å²) in [5.41, 5.74) is 1.68. The van der Waals surface area contributed by atoms with Gasteiger partial charge in [0.1, 0.15) is 0 Å². The van der Waals surface area contributed by atoms with Gasteiger partial charge in [0.2, 0.25) is 0 Å². The highest BCUT2D eigenvalue weighted by Gasteiger charge is 2.24. The maximum absolute atomic E-state index is 13.0. The van der Waals surface area contributed by atoms with E-state index in [1.165, 1.54) is 26.4 Å². The zero-order valence-electron chi connectivity index (χ0n) is 15.7. The molecule has 0 aliphatic carbocycles. The minimum absolute atomic E-state index is 0.0752. The van der Waals surface area contributed by atoms with Gasteiger partial charge >= 0.3 is 5.97 Å². The predicted octanol–water partition coefficient (Wildman–Crippen LogP) is 2.92. The molecule has 0 heterocycles. The van der Waals surface area contributed by atoms with Gasteiger partial charge in [0, 0.05) is 11.8 Å². The molecule has 7 nitrogen and oxygen atoms in total. The number of anilines is 1. The lowest BCUT2D eigenvalue weighted by atomic mass is 10.1. The number of hydrogen-bond acceptors (Lipinski definition) is 6. The Morgan fingerprint density at radius 3 is 2.19 bits per heavy atom. The van der Waals surface area contributed by atoms with Gasteiger partial charge in [0.25, 0.3) is 10.0 Å². The molecule has 146 valence electrons. The van der Waals surface area contributed by atoms with Crippen molar-refractivity contribution in [2.24, 2.45) is 0 Å². The van der Waals surface area contributed by atoms with Crippen LogP contribution < -0.4 is 14.2 Å². The number of sulfonamides is 1. The lowest BCUT2D eigenvalue weighted by molar-refractivity contribution is -0.142. The smallest absolute Gasteiger partial charge is 0.310 e. The summed E-state index contributed by atoms with van der Waals surface area (Å²) in [4.78, 5) is 11.9. The largest absolute Gasteiger partial charge is 0.493 e. The molecule has 27 heavy (non-hydrogen) atoms. The Morgan fingerprint density at radius 2 is 1.63 bits per heavy atom. The minimum atomic E-state index is -3.97. The first kappa shape index (κ1) is 20.6. The van der Waals surface area contributed by atoms with E-state index in [0.717, 1.165) is 5.56 Å². The average molecular weight is 393 g/mol. The maximum atomic E-state index is 13.0. The standard InChI is InChI=1S/C19H23NO6S/c1-5-26-19(21)11-14-10-16(24-3)17(25-4)12-18(14)27(22,23)20-15-8-6-13(2)7-9-15/h6-10,12,20H,5,11H2,1-4H3. The van der Waals surface area contributed by atoms with Crippen LogP contribution in [0.5, 0.6) is 11.5 Å². The van der Waals surface area contributed by atoms with Crippen LogP contribution in [0.4, 0.5) is 5.69 Å². The summed E-state index contributed by atoms with van der Waals surface area (Å²) in [6, 6.07) is 9.73. The van der Waals surface area contributed by atoms with Crippen molar-refractivity contribution in [3.8, 4) is 11.5 Å². The summed E-state index contributed by atoms with van der Waals surface area (Å²) in [5.74, 6) is 0.0389. The van der Waals surface area contributed by atoms with Crippen molar-refractivity contribution in [2.75, 3.05) is 25.5 Å². The third kappa shape index (κ3) is 5.13. The third-order valence-electron chi connectivity index (χ3n) is 3.80. The molecule has 0 fully saturated rings. The second-order valence-corrected chi connectivity index (χ2v) is 7.42. The van der Waals surface area contributed by atoms with Crippen LogP contribution in [0, 0.1) is 6.92 Å². The zero-order chi connectivity index (χ0) is 20.0. The van der Waals surface area contributed by atoms with Crippen LogP contribution >= 0.6 is 0 Å². The molecule has 0 saturated heterocycles. The van der Waals surface area contributed by atoms with E-state index < -0.39 is 16.0 Å². The van der Waals surface area contributed by atoms with Crippen LogP contribution in [-0.4, -0.2) is 35.2 Å². The number of benzene rings is 2. The van der Waals surface area contributed by atoms with Crippen LogP contribution in [0.25, 0.3) is 0 Å². The quantitative estimate of drug-likeness (QED) is 0.694. The zero-order valence-corrected chi connectivity index (χ0v) is 16.6. The number of hydrogen-bond donors (Lipinski definition) is 1. The van der Waals surface area contributed by atoms with Crippen LogP contribution in [0.2, 0.25) is 0 Å². The number of methoxy groups -OCH3 is 2. The molecule has 2 rings (SSSR count). The molecule has 0 unspecified atom stereocenters. The molecule has 0 saturated carbocycles. The summed E-state index contributed by atoms with van der Waals surface area (Å²) in [6.07, 6.45) is -0.210. The van der Waals surface area contributed by atoms with E-state index in [4.69, 9.17) is 14.2 Å². The van der Waals surface area contributed by atoms with Crippen molar-refractivity contribution >= 4 is 21.7 Å². The monoisotopic (exact) mass is 393 g/mol. The Kier molecular flexibility index (Phi) is 6.68. The van der Waals surface area contributed by atoms with Gasteiger partial charge in [-0.3, -0.25) is 9.52 Å². The van der Waals surface area contributed by atoms with Crippen LogP contribution in [-0.2, 0) is 26.0 Å². The third-order valence-corrected chi connectivity index (χ3v) is 5.26. The molecule has 0 spiro atoms. The van der Waals surface area contributed by atoms with Gasteiger partial charge in [0.15, 0.2) is 11.5 Å². The molecule has 0 aromatic heterocycles. The number of nitrogens with one attached hydrogen (secondary N) is 1. The maximum Gasteiger partial charge on any atom is 0.310 e. The Balaban J connectivity index is 2.50. The SMILES string of the molecule is CCOC(=O)Cc1cc(OC)c(OC)cc1S(=O)(=O)Nc1ccc(C)cc1. The van der Waals surface area contributed by atoms with E-state index in [1.54, 1.807) is 31.2 Å². The van der Waals surface area contributed by atoms with E-state index in [9.17, 15) is 13.2 Å². The lowest BCUT2D eigenvalue weighted by Crippen LogP contribution is -2.17. The van der Waals surface area contributed by atoms with Crippen molar-refractivity contribution < 1.29 is 27.4 Å². The number of aryl methyl sites for hydroxylation is 1. The first-order chi connectivity index (χ1) is 12.8. The van der Waals surface area contributed by atoms with Crippen molar-refractivity contribution in [1.82, 2.24) is 0 Å². The predicted molar refractivity (Wildman–Crippen MR) is 102 cm³/mol. The Labute approximate surface area is 159 Å². The summed E-state index contributed by atoms with van der Waals surface area (Å²) >= 11 is 0. The Bertz CT molecular complexity index is 907. The fourth-order valence-electron chi connectivity index (χ4n) is 2.49. The van der Waals surface area contributed by atoms with Crippen molar-refractivity contribution in [1.29, 1.82) is 0 Å². The van der Waals surface area contributed by atoms with Gasteiger partial charge < -0.3 is 14.2 Å². The number of carbonyl (C=O) groups is 1. The Morgan fingerprint density at radius 1 is 1.04 bits per heavy atom. The number of esters is 1. The highest BCUT2D eigenvalue weighted by atomic mass is 32.2. The first-order valence-corrected chi connectivity index (χ1v) is 9.79. The molecule has 0 radical (unpaired) electrons. The normalized spacial score (nSPS) is 11.0. The fraction of sp³-hybridized carbons (Fsp3) is 0.316. The fourth-order valence-corrected chi connectivity index (χ4v) is 3.78. The van der Waals surface area contributed by atoms with Crippen molar-refractivity contribution in [2.45, 2.75) is 25.2 Å².